The van der Waals surface area contributed by atoms with Crippen LogP contribution in [0.2, 0.25) is 0 Å². The van der Waals surface area contributed by atoms with Crippen LogP contribution in [0.4, 0.5) is 24.5 Å². The number of rotatable bonds is 1. The molecule has 0 aliphatic heterocycles. The first-order chi connectivity index (χ1) is 8.02. The maximum Gasteiger partial charge on any atom is 0.184 e. The summed E-state index contributed by atoms with van der Waals surface area (Å²) >= 11 is 0. The van der Waals surface area contributed by atoms with Crippen molar-refractivity contribution in [1.82, 2.24) is 0 Å². The van der Waals surface area contributed by atoms with Crippen molar-refractivity contribution in [2.75, 3.05) is 11.5 Å². The van der Waals surface area contributed by atoms with E-state index < -0.39 is 23.1 Å². The molecule has 0 bridgehead atoms. The van der Waals surface area contributed by atoms with Crippen molar-refractivity contribution in [2.24, 2.45) is 0 Å². The van der Waals surface area contributed by atoms with Gasteiger partial charge in [-0.25, -0.2) is 13.2 Å². The highest BCUT2D eigenvalue weighted by Crippen LogP contribution is 2.32. The highest BCUT2D eigenvalue weighted by atomic mass is 19.2. The molecule has 0 radical (unpaired) electrons. The second kappa shape index (κ2) is 4.01. The van der Waals surface area contributed by atoms with Crippen molar-refractivity contribution in [3.8, 4) is 11.1 Å². The first kappa shape index (κ1) is 11.3. The SMILES string of the molecule is Nc1cc(-c2ccccc2F)c(F)c(F)c1N. The molecule has 0 unspecified atom stereocenters. The lowest BCUT2D eigenvalue weighted by molar-refractivity contribution is 0.514. The smallest absolute Gasteiger partial charge is 0.184 e. The molecule has 0 aromatic heterocycles. The topological polar surface area (TPSA) is 52.0 Å². The van der Waals surface area contributed by atoms with Gasteiger partial charge in [0, 0.05) is 11.1 Å². The van der Waals surface area contributed by atoms with Crippen LogP contribution in [0.5, 0.6) is 0 Å². The van der Waals surface area contributed by atoms with Crippen LogP contribution in [0, 0.1) is 17.5 Å². The minimum Gasteiger partial charge on any atom is -0.397 e. The van der Waals surface area contributed by atoms with Crippen LogP contribution in [0.25, 0.3) is 11.1 Å². The summed E-state index contributed by atoms with van der Waals surface area (Å²) in [5, 5.41) is 0. The zero-order valence-corrected chi connectivity index (χ0v) is 8.68. The number of anilines is 2. The first-order valence-corrected chi connectivity index (χ1v) is 4.80. The minimum atomic E-state index is -1.26. The Bertz CT molecular complexity index is 582. The summed E-state index contributed by atoms with van der Waals surface area (Å²) in [6.45, 7) is 0. The molecule has 2 aromatic carbocycles. The largest absolute Gasteiger partial charge is 0.397 e. The van der Waals surface area contributed by atoms with E-state index >= 15 is 0 Å². The van der Waals surface area contributed by atoms with E-state index in [-0.39, 0.29) is 16.8 Å². The lowest BCUT2D eigenvalue weighted by atomic mass is 10.0. The Kier molecular flexibility index (Phi) is 2.67. The van der Waals surface area contributed by atoms with Crippen LogP contribution in [-0.4, -0.2) is 0 Å². The van der Waals surface area contributed by atoms with Gasteiger partial charge in [0.1, 0.15) is 5.82 Å². The Morgan fingerprint density at radius 3 is 2.12 bits per heavy atom. The third-order valence-electron chi connectivity index (χ3n) is 2.44. The van der Waals surface area contributed by atoms with Crippen molar-refractivity contribution in [3.05, 3.63) is 47.8 Å². The lowest BCUT2D eigenvalue weighted by Crippen LogP contribution is -2.03. The summed E-state index contributed by atoms with van der Waals surface area (Å²) in [4.78, 5) is 0. The van der Waals surface area contributed by atoms with Gasteiger partial charge in [-0.2, -0.15) is 0 Å². The van der Waals surface area contributed by atoms with Crippen molar-refractivity contribution in [3.63, 3.8) is 0 Å². The van der Waals surface area contributed by atoms with E-state index in [1.54, 1.807) is 0 Å². The highest BCUT2D eigenvalue weighted by Gasteiger charge is 2.18. The van der Waals surface area contributed by atoms with Gasteiger partial charge in [0.05, 0.1) is 11.4 Å². The zero-order chi connectivity index (χ0) is 12.6. The number of halogens is 3. The van der Waals surface area contributed by atoms with Gasteiger partial charge in [-0.3, -0.25) is 0 Å². The zero-order valence-electron chi connectivity index (χ0n) is 8.68. The van der Waals surface area contributed by atoms with E-state index in [0.717, 1.165) is 12.1 Å². The molecule has 0 fully saturated rings. The van der Waals surface area contributed by atoms with Crippen LogP contribution in [0.1, 0.15) is 0 Å². The molecule has 0 spiro atoms. The van der Waals surface area contributed by atoms with Gasteiger partial charge in [0.25, 0.3) is 0 Å². The van der Waals surface area contributed by atoms with Crippen LogP contribution in [0.3, 0.4) is 0 Å². The van der Waals surface area contributed by atoms with E-state index in [4.69, 9.17) is 11.5 Å². The Morgan fingerprint density at radius 2 is 1.47 bits per heavy atom. The van der Waals surface area contributed by atoms with E-state index in [1.807, 2.05) is 0 Å². The molecule has 5 heteroatoms. The number of benzene rings is 2. The molecule has 4 N–H and O–H groups in total. The normalized spacial score (nSPS) is 10.5. The van der Waals surface area contributed by atoms with E-state index in [2.05, 4.69) is 0 Å². The monoisotopic (exact) mass is 238 g/mol. The van der Waals surface area contributed by atoms with E-state index in [9.17, 15) is 13.2 Å². The lowest BCUT2D eigenvalue weighted by Gasteiger charge is -2.09. The fourth-order valence-electron chi connectivity index (χ4n) is 1.54. The van der Waals surface area contributed by atoms with Crippen molar-refractivity contribution < 1.29 is 13.2 Å². The summed E-state index contributed by atoms with van der Waals surface area (Å²) in [7, 11) is 0. The van der Waals surface area contributed by atoms with Crippen LogP contribution >= 0.6 is 0 Å². The Morgan fingerprint density at radius 1 is 0.824 bits per heavy atom. The standard InChI is InChI=1S/C12H9F3N2/c13-8-4-2-1-3-6(8)7-5-9(16)12(17)11(15)10(7)14/h1-5H,16-17H2. The summed E-state index contributed by atoms with van der Waals surface area (Å²) in [5.41, 5.74) is 9.76. The maximum atomic E-state index is 13.6. The average Bonchev–Trinajstić information content (AvgIpc) is 2.32. The van der Waals surface area contributed by atoms with Crippen LogP contribution in [0.15, 0.2) is 30.3 Å². The van der Waals surface area contributed by atoms with Gasteiger partial charge in [0.15, 0.2) is 11.6 Å². The molecule has 0 atom stereocenters. The third kappa shape index (κ3) is 1.80. The third-order valence-corrected chi connectivity index (χ3v) is 2.44. The second-order valence-electron chi connectivity index (χ2n) is 3.53. The van der Waals surface area contributed by atoms with Crippen molar-refractivity contribution in [2.45, 2.75) is 0 Å². The molecule has 17 heavy (non-hydrogen) atoms. The average molecular weight is 238 g/mol. The summed E-state index contributed by atoms with van der Waals surface area (Å²) in [6, 6.07) is 6.57. The predicted octanol–water partition coefficient (Wildman–Crippen LogP) is 2.94. The van der Waals surface area contributed by atoms with Gasteiger partial charge >= 0.3 is 0 Å². The van der Waals surface area contributed by atoms with Crippen molar-refractivity contribution in [1.29, 1.82) is 0 Å². The summed E-state index contributed by atoms with van der Waals surface area (Å²) < 4.78 is 40.5. The van der Waals surface area contributed by atoms with Gasteiger partial charge < -0.3 is 11.5 Å². The van der Waals surface area contributed by atoms with Gasteiger partial charge in [-0.15, -0.1) is 0 Å². The Hall–Kier alpha value is -2.17. The number of nitrogens with two attached hydrogens (primary N) is 2. The Balaban J connectivity index is 2.73. The quantitative estimate of drug-likeness (QED) is 0.750. The van der Waals surface area contributed by atoms with Gasteiger partial charge in [-0.1, -0.05) is 18.2 Å². The molecule has 0 aliphatic rings. The number of nitrogen functional groups attached to an aromatic ring is 2. The van der Waals surface area contributed by atoms with E-state index in [1.165, 1.54) is 18.2 Å². The molecular weight excluding hydrogens is 229 g/mol. The highest BCUT2D eigenvalue weighted by molar-refractivity contribution is 5.76. The predicted molar refractivity (Wildman–Crippen MR) is 60.6 cm³/mol. The van der Waals surface area contributed by atoms with Gasteiger partial charge in [0.2, 0.25) is 0 Å². The second-order valence-corrected chi connectivity index (χ2v) is 3.53. The minimum absolute atomic E-state index is 0.0596. The molecule has 2 nitrogen and oxygen atoms in total. The molecular formula is C12H9F3N2. The molecule has 0 amide bonds. The fourth-order valence-corrected chi connectivity index (χ4v) is 1.54. The molecule has 88 valence electrons. The molecule has 0 saturated heterocycles. The molecule has 0 aliphatic carbocycles. The number of hydrogen-bond acceptors (Lipinski definition) is 2. The van der Waals surface area contributed by atoms with Crippen molar-refractivity contribution >= 4 is 11.4 Å². The molecule has 2 aromatic rings. The van der Waals surface area contributed by atoms with Crippen LogP contribution < -0.4 is 11.5 Å². The van der Waals surface area contributed by atoms with Gasteiger partial charge in [-0.05, 0) is 12.1 Å². The first-order valence-electron chi connectivity index (χ1n) is 4.80. The molecule has 0 saturated carbocycles. The van der Waals surface area contributed by atoms with Crippen LogP contribution in [-0.2, 0) is 0 Å². The Labute approximate surface area is 95.7 Å². The fraction of sp³-hybridized carbons (Fsp3) is 0. The molecule has 0 heterocycles. The summed E-state index contributed by atoms with van der Waals surface area (Å²) in [5.74, 6) is -3.12. The maximum absolute atomic E-state index is 13.6. The number of hydrogen-bond donors (Lipinski definition) is 2. The summed E-state index contributed by atoms with van der Waals surface area (Å²) in [6.07, 6.45) is 0. The van der Waals surface area contributed by atoms with E-state index in [0.29, 0.717) is 0 Å². The molecule has 2 rings (SSSR count).